The van der Waals surface area contributed by atoms with Crippen LogP contribution in [0.2, 0.25) is 0 Å². The minimum Gasteiger partial charge on any atom is -0.394 e. The average molecular weight is 600 g/mol. The number of benzene rings is 2. The molecule has 0 bridgehead atoms. The summed E-state index contributed by atoms with van der Waals surface area (Å²) in [5.41, 5.74) is 3.37. The standard InChI is InChI=1S/C34H41N5O5/c1-25(41)31-30(24-40)44-39(32(31)33(42)35-20-11-21-38(2)29-17-7-4-8-18-29)23-27-13-9-12-26(22-27)14-10-19-36-34(43)37-28-15-5-3-6-16-28/h3-9,12-13,15,17-18,22,25,30-32,40-41H,11,16,19-21,23-24H2,1-2H3,(H,35,42)(H,36,43)/t25-,30-,31+,32-/m1/s1. The van der Waals surface area contributed by atoms with Crippen molar-refractivity contribution in [3.63, 3.8) is 0 Å². The molecule has 2 aliphatic rings. The third-order valence-corrected chi connectivity index (χ3v) is 7.48. The fraction of sp³-hybridized carbons (Fsp3) is 0.382. The molecule has 0 radical (unpaired) electrons. The lowest BCUT2D eigenvalue weighted by Gasteiger charge is -2.26. The largest absolute Gasteiger partial charge is 0.394 e. The number of nitrogens with zero attached hydrogens (tertiary/aromatic N) is 3. The molecule has 10 heteroatoms. The number of para-hydroxylation sites is 1. The van der Waals surface area contributed by atoms with Crippen LogP contribution in [0.1, 0.15) is 30.9 Å². The van der Waals surface area contributed by atoms with Gasteiger partial charge in [0.1, 0.15) is 12.1 Å². The first-order valence-corrected chi connectivity index (χ1v) is 14.9. The Bertz CT molecular complexity index is 1410. The monoisotopic (exact) mass is 599 g/mol. The first-order chi connectivity index (χ1) is 21.4. The van der Waals surface area contributed by atoms with Gasteiger partial charge in [0, 0.05) is 49.4 Å². The Labute approximate surface area is 259 Å². The van der Waals surface area contributed by atoms with Crippen molar-refractivity contribution in [2.75, 3.05) is 38.2 Å². The molecule has 0 spiro atoms. The topological polar surface area (TPSA) is 127 Å². The van der Waals surface area contributed by atoms with E-state index in [0.717, 1.165) is 29.8 Å². The van der Waals surface area contributed by atoms with Crippen LogP contribution in [0.25, 0.3) is 0 Å². The number of allylic oxidation sites excluding steroid dienone is 4. The average Bonchev–Trinajstić information content (AvgIpc) is 3.41. The van der Waals surface area contributed by atoms with E-state index >= 15 is 0 Å². The Morgan fingerprint density at radius 1 is 1.16 bits per heavy atom. The Balaban J connectivity index is 1.35. The molecule has 2 aromatic rings. The minimum absolute atomic E-state index is 0.145. The third kappa shape index (κ3) is 9.36. The van der Waals surface area contributed by atoms with E-state index < -0.39 is 30.2 Å². The lowest BCUT2D eigenvalue weighted by Crippen LogP contribution is -2.49. The van der Waals surface area contributed by atoms with Gasteiger partial charge in [0.15, 0.2) is 0 Å². The molecule has 3 amide bonds. The molecule has 0 aromatic heterocycles. The van der Waals surface area contributed by atoms with Crippen LogP contribution in [0.15, 0.2) is 83.9 Å². The van der Waals surface area contributed by atoms with Crippen molar-refractivity contribution in [2.45, 2.75) is 44.6 Å². The second-order valence-electron chi connectivity index (χ2n) is 10.8. The van der Waals surface area contributed by atoms with Crippen molar-refractivity contribution >= 4 is 23.3 Å². The number of aliphatic imine (C=N–C) groups is 1. The second kappa shape index (κ2) is 16.5. The van der Waals surface area contributed by atoms with E-state index in [1.54, 1.807) is 18.1 Å². The maximum Gasteiger partial charge on any atom is 0.341 e. The lowest BCUT2D eigenvalue weighted by molar-refractivity contribution is -0.181. The van der Waals surface area contributed by atoms with E-state index in [0.29, 0.717) is 18.7 Å². The summed E-state index contributed by atoms with van der Waals surface area (Å²) in [5, 5.41) is 27.8. The van der Waals surface area contributed by atoms with Crippen molar-refractivity contribution in [3.05, 3.63) is 90.0 Å². The molecule has 10 nitrogen and oxygen atoms in total. The molecular weight excluding hydrogens is 558 g/mol. The molecule has 4 rings (SSSR count). The van der Waals surface area contributed by atoms with Crippen molar-refractivity contribution < 1.29 is 24.6 Å². The molecule has 1 aliphatic carbocycles. The second-order valence-corrected chi connectivity index (χ2v) is 10.8. The zero-order chi connectivity index (χ0) is 31.3. The SMILES string of the molecule is C[C@@H](O)[C@H]1[C@@H](CO)ON(Cc2cccc(C#CCNC(=O)N=C3C=CC=CC3)c2)[C@H]1C(=O)NCCCN(C)c1ccccc1. The van der Waals surface area contributed by atoms with Gasteiger partial charge in [0.05, 0.1) is 25.8 Å². The van der Waals surface area contributed by atoms with E-state index in [2.05, 4.69) is 32.4 Å². The van der Waals surface area contributed by atoms with Crippen LogP contribution < -0.4 is 15.5 Å². The van der Waals surface area contributed by atoms with Crippen LogP contribution in [0, 0.1) is 17.8 Å². The number of aliphatic hydroxyl groups is 2. The summed E-state index contributed by atoms with van der Waals surface area (Å²) in [5.74, 6) is 5.12. The molecule has 4 atom stereocenters. The summed E-state index contributed by atoms with van der Waals surface area (Å²) in [6.07, 6.45) is 7.24. The van der Waals surface area contributed by atoms with Gasteiger partial charge >= 0.3 is 6.03 Å². The van der Waals surface area contributed by atoms with E-state index in [1.807, 2.05) is 79.9 Å². The highest BCUT2D eigenvalue weighted by Crippen LogP contribution is 2.32. The van der Waals surface area contributed by atoms with Gasteiger partial charge in [-0.3, -0.25) is 9.63 Å². The first-order valence-electron chi connectivity index (χ1n) is 14.9. The molecule has 1 fully saturated rings. The highest BCUT2D eigenvalue weighted by atomic mass is 16.7. The number of aliphatic hydroxyl groups excluding tert-OH is 2. The summed E-state index contributed by atoms with van der Waals surface area (Å²) in [6.45, 7) is 2.90. The van der Waals surface area contributed by atoms with Crippen molar-refractivity contribution in [1.82, 2.24) is 15.7 Å². The highest BCUT2D eigenvalue weighted by Gasteiger charge is 2.49. The molecule has 1 heterocycles. The first kappa shape index (κ1) is 32.6. The maximum absolute atomic E-state index is 13.4. The number of hydrogen-bond donors (Lipinski definition) is 4. The molecule has 4 N–H and O–H groups in total. The third-order valence-electron chi connectivity index (χ3n) is 7.48. The van der Waals surface area contributed by atoms with Crippen LogP contribution in [-0.4, -0.2) is 84.5 Å². The van der Waals surface area contributed by atoms with Crippen molar-refractivity contribution in [2.24, 2.45) is 10.9 Å². The lowest BCUT2D eigenvalue weighted by atomic mass is 9.89. The summed E-state index contributed by atoms with van der Waals surface area (Å²) in [4.78, 5) is 37.6. The molecule has 1 aliphatic heterocycles. The number of urea groups is 1. The predicted molar refractivity (Wildman–Crippen MR) is 171 cm³/mol. The number of hydrogen-bond acceptors (Lipinski definition) is 7. The molecule has 1 saturated heterocycles. The van der Waals surface area contributed by atoms with Gasteiger partial charge < -0.3 is 25.7 Å². The Morgan fingerprint density at radius 3 is 2.70 bits per heavy atom. The number of amides is 3. The normalized spacial score (nSPS) is 21.0. The minimum atomic E-state index is -0.875. The zero-order valence-electron chi connectivity index (χ0n) is 25.2. The summed E-state index contributed by atoms with van der Waals surface area (Å²) in [6, 6.07) is 16.3. The molecule has 0 saturated carbocycles. The molecule has 0 unspecified atom stereocenters. The van der Waals surface area contributed by atoms with Gasteiger partial charge in [-0.2, -0.15) is 10.1 Å². The van der Waals surface area contributed by atoms with E-state index in [1.165, 1.54) is 0 Å². The van der Waals surface area contributed by atoms with Crippen LogP contribution in [0.5, 0.6) is 0 Å². The van der Waals surface area contributed by atoms with Gasteiger partial charge in [0.25, 0.3) is 0 Å². The summed E-state index contributed by atoms with van der Waals surface area (Å²) >= 11 is 0. The Morgan fingerprint density at radius 2 is 1.98 bits per heavy atom. The number of carbonyl (C=O) groups excluding carboxylic acids is 2. The van der Waals surface area contributed by atoms with Gasteiger partial charge in [0.2, 0.25) is 5.91 Å². The van der Waals surface area contributed by atoms with Gasteiger partial charge in [-0.25, -0.2) is 4.79 Å². The smallest absolute Gasteiger partial charge is 0.341 e. The zero-order valence-corrected chi connectivity index (χ0v) is 25.2. The van der Waals surface area contributed by atoms with Crippen LogP contribution >= 0.6 is 0 Å². The fourth-order valence-electron chi connectivity index (χ4n) is 5.27. The van der Waals surface area contributed by atoms with E-state index in [-0.39, 0.29) is 25.6 Å². The van der Waals surface area contributed by atoms with Crippen molar-refractivity contribution in [1.29, 1.82) is 0 Å². The van der Waals surface area contributed by atoms with Crippen LogP contribution in [0.4, 0.5) is 10.5 Å². The summed E-state index contributed by atoms with van der Waals surface area (Å²) < 4.78 is 0. The molecule has 232 valence electrons. The van der Waals surface area contributed by atoms with Crippen LogP contribution in [-0.2, 0) is 16.2 Å². The van der Waals surface area contributed by atoms with E-state index in [9.17, 15) is 19.8 Å². The maximum atomic E-state index is 13.4. The molecular formula is C34H41N5O5. The number of anilines is 1. The quantitative estimate of drug-likeness (QED) is 0.231. The Hall–Kier alpha value is -4.27. The van der Waals surface area contributed by atoms with Crippen molar-refractivity contribution in [3.8, 4) is 11.8 Å². The number of hydroxylamine groups is 2. The van der Waals surface area contributed by atoms with Gasteiger partial charge in [-0.05, 0) is 49.2 Å². The van der Waals surface area contributed by atoms with Gasteiger partial charge in [-0.15, -0.1) is 0 Å². The molecule has 2 aromatic carbocycles. The van der Waals surface area contributed by atoms with Gasteiger partial charge in [-0.1, -0.05) is 60.4 Å². The summed E-state index contributed by atoms with van der Waals surface area (Å²) in [7, 11) is 2.01. The predicted octanol–water partition coefficient (Wildman–Crippen LogP) is 2.82. The number of carbonyl (C=O) groups is 2. The fourth-order valence-corrected chi connectivity index (χ4v) is 5.27. The number of nitrogens with one attached hydrogen (secondary N) is 2. The van der Waals surface area contributed by atoms with Crippen LogP contribution in [0.3, 0.4) is 0 Å². The highest BCUT2D eigenvalue weighted by molar-refractivity contribution is 6.03. The molecule has 44 heavy (non-hydrogen) atoms. The number of rotatable bonds is 11. The van der Waals surface area contributed by atoms with E-state index in [4.69, 9.17) is 4.84 Å². The Kier molecular flexibility index (Phi) is 12.3.